The number of hydrogen-bond donors (Lipinski definition) is 0. The average Bonchev–Trinajstić information content (AvgIpc) is 2.87. The minimum Gasteiger partial charge on any atom is -0.496 e. The molecule has 1 aliphatic heterocycles. The van der Waals surface area contributed by atoms with Crippen molar-refractivity contribution >= 4 is 10.9 Å². The number of hydrogen-bond acceptors (Lipinski definition) is 2. The molecule has 0 N–H and O–H groups in total. The molecule has 3 nitrogen and oxygen atoms in total. The van der Waals surface area contributed by atoms with Gasteiger partial charge in [-0.15, -0.1) is 0 Å². The number of aromatic nitrogens is 1. The number of nitrogens with zero attached hydrogens (tertiary/aromatic N) is 1. The van der Waals surface area contributed by atoms with Crippen LogP contribution >= 0.6 is 0 Å². The fraction of sp³-hybridized carbons (Fsp3) is 0.300. The van der Waals surface area contributed by atoms with Gasteiger partial charge in [-0.3, -0.25) is 0 Å². The number of para-hydroxylation sites is 2. The van der Waals surface area contributed by atoms with Crippen LogP contribution in [0, 0.1) is 6.92 Å². The predicted molar refractivity (Wildman–Crippen MR) is 92.1 cm³/mol. The van der Waals surface area contributed by atoms with Crippen molar-refractivity contribution in [1.82, 2.24) is 4.57 Å². The molecule has 0 bridgehead atoms. The number of methoxy groups -OCH3 is 1. The molecule has 0 spiro atoms. The van der Waals surface area contributed by atoms with Gasteiger partial charge in [0.25, 0.3) is 0 Å². The summed E-state index contributed by atoms with van der Waals surface area (Å²) in [5.74, 6) is 0.878. The van der Waals surface area contributed by atoms with E-state index in [1.165, 1.54) is 22.2 Å². The molecule has 0 saturated heterocycles. The number of rotatable bonds is 2. The Bertz CT molecular complexity index is 865. The number of aryl methyl sites for hydroxylation is 1. The molecule has 4 rings (SSSR count). The number of benzene rings is 2. The van der Waals surface area contributed by atoms with E-state index in [1.54, 1.807) is 7.11 Å². The summed E-state index contributed by atoms with van der Waals surface area (Å²) in [5.41, 5.74) is 4.92. The van der Waals surface area contributed by atoms with Gasteiger partial charge in [0.2, 0.25) is 0 Å². The lowest BCUT2D eigenvalue weighted by molar-refractivity contribution is -0.0155. The molecule has 1 aromatic heterocycles. The van der Waals surface area contributed by atoms with Crippen molar-refractivity contribution in [3.05, 3.63) is 65.4 Å². The molecule has 2 heterocycles. The molecular formula is C20H21NO2. The first kappa shape index (κ1) is 14.3. The van der Waals surface area contributed by atoms with Crippen LogP contribution in [0.4, 0.5) is 0 Å². The molecular weight excluding hydrogens is 286 g/mol. The normalized spacial score (nSPS) is 20.5. The van der Waals surface area contributed by atoms with E-state index in [0.29, 0.717) is 0 Å². The monoisotopic (exact) mass is 307 g/mol. The second-order valence-corrected chi connectivity index (χ2v) is 6.21. The van der Waals surface area contributed by atoms with Gasteiger partial charge in [0.15, 0.2) is 0 Å². The van der Waals surface area contributed by atoms with Crippen molar-refractivity contribution in [3.63, 3.8) is 0 Å². The van der Waals surface area contributed by atoms with Crippen LogP contribution in [0.3, 0.4) is 0 Å². The minimum absolute atomic E-state index is 0.0951. The first-order valence-electron chi connectivity index (χ1n) is 8.06. The fourth-order valence-corrected chi connectivity index (χ4v) is 3.73. The lowest BCUT2D eigenvalue weighted by Crippen LogP contribution is -2.29. The molecule has 0 aliphatic carbocycles. The molecule has 23 heavy (non-hydrogen) atoms. The lowest BCUT2D eigenvalue weighted by atomic mass is 10.00. The Balaban J connectivity index is 1.98. The van der Waals surface area contributed by atoms with E-state index in [2.05, 4.69) is 48.7 Å². The third kappa shape index (κ3) is 2.15. The Morgan fingerprint density at radius 2 is 1.83 bits per heavy atom. The zero-order chi connectivity index (χ0) is 16.0. The van der Waals surface area contributed by atoms with Crippen LogP contribution in [0.2, 0.25) is 0 Å². The van der Waals surface area contributed by atoms with Gasteiger partial charge in [-0.05, 0) is 31.5 Å². The Morgan fingerprint density at radius 1 is 1.09 bits per heavy atom. The van der Waals surface area contributed by atoms with E-state index in [4.69, 9.17) is 9.47 Å². The fourth-order valence-electron chi connectivity index (χ4n) is 3.73. The van der Waals surface area contributed by atoms with E-state index in [9.17, 15) is 0 Å². The first-order valence-corrected chi connectivity index (χ1v) is 8.06. The summed E-state index contributed by atoms with van der Waals surface area (Å²) in [6.07, 6.45) is 0.0647. The molecule has 118 valence electrons. The van der Waals surface area contributed by atoms with Crippen LogP contribution in [0.25, 0.3) is 10.9 Å². The van der Waals surface area contributed by atoms with Gasteiger partial charge >= 0.3 is 0 Å². The van der Waals surface area contributed by atoms with Gasteiger partial charge < -0.3 is 14.0 Å². The Labute approximate surface area is 136 Å². The summed E-state index contributed by atoms with van der Waals surface area (Å²) in [6.45, 7) is 5.21. The van der Waals surface area contributed by atoms with Crippen molar-refractivity contribution in [2.24, 2.45) is 0 Å². The standard InChI is InChI=1S/C20H21NO2/c1-13-12-21-17-10-6-4-8-15(17)14(2)19(21)20(23-13)16-9-5-7-11-18(16)22-3/h4-11,13,20H,12H2,1-3H3/t13-,20-/m0/s1. The van der Waals surface area contributed by atoms with Crippen LogP contribution in [0.5, 0.6) is 5.75 Å². The summed E-state index contributed by atoms with van der Waals surface area (Å²) < 4.78 is 14.3. The smallest absolute Gasteiger partial charge is 0.127 e. The Kier molecular flexibility index (Phi) is 3.38. The second kappa shape index (κ2) is 5.43. The second-order valence-electron chi connectivity index (χ2n) is 6.21. The Hall–Kier alpha value is -2.26. The van der Waals surface area contributed by atoms with Gasteiger partial charge in [0, 0.05) is 23.0 Å². The summed E-state index contributed by atoms with van der Waals surface area (Å²) in [6, 6.07) is 16.7. The number of fused-ring (bicyclic) bond motifs is 3. The summed E-state index contributed by atoms with van der Waals surface area (Å²) in [7, 11) is 1.72. The van der Waals surface area contributed by atoms with E-state index >= 15 is 0 Å². The number of ether oxygens (including phenoxy) is 2. The van der Waals surface area contributed by atoms with E-state index in [1.807, 2.05) is 18.2 Å². The molecule has 1 aliphatic rings. The molecule has 3 heteroatoms. The van der Waals surface area contributed by atoms with Crippen molar-refractivity contribution in [2.75, 3.05) is 7.11 Å². The third-order valence-electron chi connectivity index (χ3n) is 4.75. The maximum Gasteiger partial charge on any atom is 0.127 e. The summed E-state index contributed by atoms with van der Waals surface area (Å²) in [4.78, 5) is 0. The van der Waals surface area contributed by atoms with Crippen LogP contribution in [0.15, 0.2) is 48.5 Å². The van der Waals surface area contributed by atoms with Crippen molar-refractivity contribution < 1.29 is 9.47 Å². The van der Waals surface area contributed by atoms with E-state index < -0.39 is 0 Å². The molecule has 0 saturated carbocycles. The largest absolute Gasteiger partial charge is 0.496 e. The maximum atomic E-state index is 6.35. The van der Waals surface area contributed by atoms with Gasteiger partial charge in [-0.1, -0.05) is 36.4 Å². The Morgan fingerprint density at radius 3 is 2.65 bits per heavy atom. The summed E-state index contributed by atoms with van der Waals surface area (Å²) in [5, 5.41) is 1.31. The molecule has 0 amide bonds. The van der Waals surface area contributed by atoms with Gasteiger partial charge in [0.05, 0.1) is 18.9 Å². The van der Waals surface area contributed by atoms with Gasteiger partial charge in [-0.25, -0.2) is 0 Å². The van der Waals surface area contributed by atoms with Gasteiger partial charge in [-0.2, -0.15) is 0 Å². The highest BCUT2D eigenvalue weighted by molar-refractivity contribution is 5.85. The molecule has 0 radical (unpaired) electrons. The van der Waals surface area contributed by atoms with Crippen LogP contribution in [-0.2, 0) is 11.3 Å². The third-order valence-corrected chi connectivity index (χ3v) is 4.75. The van der Waals surface area contributed by atoms with Crippen molar-refractivity contribution in [3.8, 4) is 5.75 Å². The topological polar surface area (TPSA) is 23.4 Å². The molecule has 2 aromatic carbocycles. The predicted octanol–water partition coefficient (Wildman–Crippen LogP) is 4.47. The molecule has 0 fully saturated rings. The highest BCUT2D eigenvalue weighted by Gasteiger charge is 2.32. The van der Waals surface area contributed by atoms with E-state index in [0.717, 1.165) is 17.9 Å². The molecule has 2 atom stereocenters. The van der Waals surface area contributed by atoms with Crippen LogP contribution in [-0.4, -0.2) is 17.8 Å². The highest BCUT2D eigenvalue weighted by Crippen LogP contribution is 2.41. The quantitative estimate of drug-likeness (QED) is 0.697. The lowest BCUT2D eigenvalue weighted by Gasteiger charge is -2.32. The average molecular weight is 307 g/mol. The zero-order valence-corrected chi connectivity index (χ0v) is 13.7. The SMILES string of the molecule is COc1ccccc1[C@@H]1O[C@@H](C)Cn2c1c(C)c1ccccc12. The van der Waals surface area contributed by atoms with E-state index in [-0.39, 0.29) is 12.2 Å². The van der Waals surface area contributed by atoms with Crippen molar-refractivity contribution in [1.29, 1.82) is 0 Å². The van der Waals surface area contributed by atoms with Crippen LogP contribution < -0.4 is 4.74 Å². The first-order chi connectivity index (χ1) is 11.2. The highest BCUT2D eigenvalue weighted by atomic mass is 16.5. The summed E-state index contributed by atoms with van der Waals surface area (Å²) >= 11 is 0. The zero-order valence-electron chi connectivity index (χ0n) is 13.7. The van der Waals surface area contributed by atoms with Gasteiger partial charge in [0.1, 0.15) is 11.9 Å². The molecule has 0 unspecified atom stereocenters. The van der Waals surface area contributed by atoms with Crippen LogP contribution in [0.1, 0.15) is 29.8 Å². The maximum absolute atomic E-state index is 6.35. The minimum atomic E-state index is -0.0951. The van der Waals surface area contributed by atoms with Crippen molar-refractivity contribution in [2.45, 2.75) is 32.6 Å². The molecule has 3 aromatic rings.